The molecule has 0 saturated carbocycles. The van der Waals surface area contributed by atoms with E-state index in [0.717, 1.165) is 22.5 Å². The minimum Gasteiger partial charge on any atom is -0.493 e. The van der Waals surface area contributed by atoms with Crippen LogP contribution >= 0.6 is 0 Å². The van der Waals surface area contributed by atoms with Crippen LogP contribution in [-0.4, -0.2) is 36.8 Å². The van der Waals surface area contributed by atoms with Gasteiger partial charge in [0.1, 0.15) is 11.9 Å². The van der Waals surface area contributed by atoms with Gasteiger partial charge in [-0.25, -0.2) is 4.98 Å². The van der Waals surface area contributed by atoms with Crippen molar-refractivity contribution in [2.24, 2.45) is 0 Å². The third kappa shape index (κ3) is 4.89. The Labute approximate surface area is 203 Å². The standard InChI is InChI=1S/C27H26N4O4/c1-33-23-15-18(16-24(34-2)27(23)35-3)21(17-28)30-26(32)14-13-25-29-20-11-7-8-12-22(20)31(25)19-9-5-4-6-10-19/h4-12,15-16,21H,13-14H2,1-3H3,(H,30,32). The number of imidazole rings is 1. The van der Waals surface area contributed by atoms with Gasteiger partial charge < -0.3 is 19.5 Å². The van der Waals surface area contributed by atoms with Crippen molar-refractivity contribution < 1.29 is 19.0 Å². The number of nitrogens with one attached hydrogen (secondary N) is 1. The summed E-state index contributed by atoms with van der Waals surface area (Å²) >= 11 is 0. The number of amides is 1. The van der Waals surface area contributed by atoms with Gasteiger partial charge in [0.2, 0.25) is 11.7 Å². The minimum atomic E-state index is -0.885. The molecule has 4 rings (SSSR count). The zero-order chi connectivity index (χ0) is 24.8. The maximum atomic E-state index is 12.9. The molecule has 1 N–H and O–H groups in total. The number of aryl methyl sites for hydroxylation is 1. The number of benzene rings is 3. The molecule has 0 spiro atoms. The summed E-state index contributed by atoms with van der Waals surface area (Å²) < 4.78 is 18.1. The fourth-order valence-corrected chi connectivity index (χ4v) is 4.03. The molecule has 35 heavy (non-hydrogen) atoms. The van der Waals surface area contributed by atoms with E-state index in [1.54, 1.807) is 12.1 Å². The highest BCUT2D eigenvalue weighted by Crippen LogP contribution is 2.39. The van der Waals surface area contributed by atoms with E-state index >= 15 is 0 Å². The zero-order valence-corrected chi connectivity index (χ0v) is 19.8. The van der Waals surface area contributed by atoms with Gasteiger partial charge in [-0.1, -0.05) is 30.3 Å². The lowest BCUT2D eigenvalue weighted by molar-refractivity contribution is -0.121. The van der Waals surface area contributed by atoms with E-state index < -0.39 is 6.04 Å². The maximum Gasteiger partial charge on any atom is 0.221 e. The van der Waals surface area contributed by atoms with Gasteiger partial charge in [0.05, 0.1) is 38.4 Å². The first kappa shape index (κ1) is 23.6. The topological polar surface area (TPSA) is 98.4 Å². The predicted molar refractivity (Wildman–Crippen MR) is 132 cm³/mol. The first-order chi connectivity index (χ1) is 17.1. The lowest BCUT2D eigenvalue weighted by atomic mass is 10.1. The summed E-state index contributed by atoms with van der Waals surface area (Å²) in [5.41, 5.74) is 3.34. The van der Waals surface area contributed by atoms with Gasteiger partial charge in [0.25, 0.3) is 0 Å². The van der Waals surface area contributed by atoms with Gasteiger partial charge >= 0.3 is 0 Å². The summed E-state index contributed by atoms with van der Waals surface area (Å²) in [5.74, 6) is 1.74. The number of rotatable bonds is 9. The molecule has 1 unspecified atom stereocenters. The molecule has 0 aliphatic heterocycles. The van der Waals surface area contributed by atoms with Gasteiger partial charge in [0.15, 0.2) is 11.5 Å². The number of hydrogen-bond acceptors (Lipinski definition) is 6. The van der Waals surface area contributed by atoms with Crippen molar-refractivity contribution in [2.75, 3.05) is 21.3 Å². The number of fused-ring (bicyclic) bond motifs is 1. The molecule has 1 aromatic heterocycles. The number of nitriles is 1. The Morgan fingerprint density at radius 1 is 1.00 bits per heavy atom. The highest BCUT2D eigenvalue weighted by Gasteiger charge is 2.21. The van der Waals surface area contributed by atoms with Crippen LogP contribution in [0.4, 0.5) is 0 Å². The molecule has 1 atom stereocenters. The van der Waals surface area contributed by atoms with Crippen LogP contribution in [-0.2, 0) is 11.2 Å². The van der Waals surface area contributed by atoms with Crippen LogP contribution in [0.3, 0.4) is 0 Å². The van der Waals surface area contributed by atoms with Gasteiger partial charge in [-0.05, 0) is 42.0 Å². The average Bonchev–Trinajstić information content (AvgIpc) is 3.28. The molecule has 0 bridgehead atoms. The average molecular weight is 471 g/mol. The zero-order valence-electron chi connectivity index (χ0n) is 19.8. The molecule has 1 heterocycles. The second kappa shape index (κ2) is 10.6. The molecule has 8 nitrogen and oxygen atoms in total. The predicted octanol–water partition coefficient (Wildman–Crippen LogP) is 4.36. The van der Waals surface area contributed by atoms with Crippen LogP contribution in [0.1, 0.15) is 23.9 Å². The first-order valence-electron chi connectivity index (χ1n) is 11.1. The van der Waals surface area contributed by atoms with Crippen molar-refractivity contribution in [3.05, 3.63) is 78.1 Å². The van der Waals surface area contributed by atoms with Crippen molar-refractivity contribution in [1.82, 2.24) is 14.9 Å². The number of ether oxygens (including phenoxy) is 3. The minimum absolute atomic E-state index is 0.165. The maximum absolute atomic E-state index is 12.9. The first-order valence-corrected chi connectivity index (χ1v) is 11.1. The number of carbonyl (C=O) groups is 1. The molecular weight excluding hydrogens is 444 g/mol. The molecular formula is C27H26N4O4. The number of para-hydroxylation sites is 3. The quantitative estimate of drug-likeness (QED) is 0.390. The van der Waals surface area contributed by atoms with Crippen LogP contribution in [0.5, 0.6) is 17.2 Å². The molecule has 0 saturated heterocycles. The smallest absolute Gasteiger partial charge is 0.221 e. The summed E-state index contributed by atoms with van der Waals surface area (Å²) in [4.78, 5) is 17.6. The Balaban J connectivity index is 1.54. The monoisotopic (exact) mass is 470 g/mol. The molecule has 8 heteroatoms. The highest BCUT2D eigenvalue weighted by atomic mass is 16.5. The molecule has 0 fully saturated rings. The summed E-state index contributed by atoms with van der Waals surface area (Å²) in [5, 5.41) is 12.6. The summed E-state index contributed by atoms with van der Waals surface area (Å²) in [7, 11) is 4.51. The van der Waals surface area contributed by atoms with Crippen molar-refractivity contribution in [3.8, 4) is 29.0 Å². The van der Waals surface area contributed by atoms with Crippen LogP contribution in [0.15, 0.2) is 66.7 Å². The SMILES string of the molecule is COc1cc(C(C#N)NC(=O)CCc2nc3ccccc3n2-c2ccccc2)cc(OC)c1OC. The van der Waals surface area contributed by atoms with E-state index in [4.69, 9.17) is 19.2 Å². The molecule has 4 aromatic rings. The second-order valence-corrected chi connectivity index (χ2v) is 7.78. The van der Waals surface area contributed by atoms with Gasteiger partial charge in [-0.3, -0.25) is 9.36 Å². The van der Waals surface area contributed by atoms with Crippen molar-refractivity contribution in [3.63, 3.8) is 0 Å². The Morgan fingerprint density at radius 3 is 2.29 bits per heavy atom. The van der Waals surface area contributed by atoms with E-state index in [0.29, 0.717) is 29.2 Å². The van der Waals surface area contributed by atoms with Crippen molar-refractivity contribution in [1.29, 1.82) is 5.26 Å². The molecule has 0 aliphatic carbocycles. The number of methoxy groups -OCH3 is 3. The molecule has 3 aromatic carbocycles. The Hall–Kier alpha value is -4.51. The van der Waals surface area contributed by atoms with Crippen LogP contribution in [0, 0.1) is 11.3 Å². The second-order valence-electron chi connectivity index (χ2n) is 7.78. The highest BCUT2D eigenvalue weighted by molar-refractivity contribution is 5.79. The number of hydrogen-bond donors (Lipinski definition) is 1. The lowest BCUT2D eigenvalue weighted by Crippen LogP contribution is -2.28. The van der Waals surface area contributed by atoms with E-state index in [-0.39, 0.29) is 12.3 Å². The number of carbonyl (C=O) groups excluding carboxylic acids is 1. The van der Waals surface area contributed by atoms with E-state index in [9.17, 15) is 10.1 Å². The van der Waals surface area contributed by atoms with Gasteiger partial charge in [-0.15, -0.1) is 0 Å². The van der Waals surface area contributed by atoms with Gasteiger partial charge in [0, 0.05) is 18.5 Å². The Kier molecular flexibility index (Phi) is 7.17. The van der Waals surface area contributed by atoms with Crippen LogP contribution < -0.4 is 19.5 Å². The molecule has 1 amide bonds. The van der Waals surface area contributed by atoms with Crippen LogP contribution in [0.2, 0.25) is 0 Å². The van der Waals surface area contributed by atoms with E-state index in [1.807, 2.05) is 54.6 Å². The largest absolute Gasteiger partial charge is 0.493 e. The summed E-state index contributed by atoms with van der Waals surface area (Å²) in [6, 6.07) is 22.4. The summed E-state index contributed by atoms with van der Waals surface area (Å²) in [6.45, 7) is 0. The molecule has 0 aliphatic rings. The number of nitrogens with zero attached hydrogens (tertiary/aromatic N) is 3. The summed E-state index contributed by atoms with van der Waals surface area (Å²) in [6.07, 6.45) is 0.571. The fourth-order valence-electron chi connectivity index (χ4n) is 4.03. The Morgan fingerprint density at radius 2 is 1.66 bits per heavy atom. The van der Waals surface area contributed by atoms with Crippen LogP contribution in [0.25, 0.3) is 16.7 Å². The van der Waals surface area contributed by atoms with Crippen molar-refractivity contribution >= 4 is 16.9 Å². The fraction of sp³-hybridized carbons (Fsp3) is 0.222. The van der Waals surface area contributed by atoms with E-state index in [1.165, 1.54) is 21.3 Å². The third-order valence-corrected chi connectivity index (χ3v) is 5.68. The third-order valence-electron chi connectivity index (χ3n) is 5.68. The molecule has 0 radical (unpaired) electrons. The number of aromatic nitrogens is 2. The van der Waals surface area contributed by atoms with Gasteiger partial charge in [-0.2, -0.15) is 5.26 Å². The van der Waals surface area contributed by atoms with Crippen molar-refractivity contribution in [2.45, 2.75) is 18.9 Å². The van der Waals surface area contributed by atoms with E-state index in [2.05, 4.69) is 16.0 Å². The Bertz CT molecular complexity index is 1350. The normalized spacial score (nSPS) is 11.5. The lowest BCUT2D eigenvalue weighted by Gasteiger charge is -2.17. The molecule has 178 valence electrons.